The number of nitriles is 1. The van der Waals surface area contributed by atoms with Crippen molar-refractivity contribution in [3.05, 3.63) is 34.1 Å². The molecule has 0 saturated carbocycles. The molecule has 1 aromatic carbocycles. The largest absolute Gasteiger partial charge is 0.396 e. The Balaban J connectivity index is 2.72. The molecule has 1 rings (SSSR count). The molecular formula is C11H12BrFN2O. The molecule has 2 N–H and O–H groups in total. The van der Waals surface area contributed by atoms with Crippen molar-refractivity contribution in [2.45, 2.75) is 12.5 Å². The second-order valence-electron chi connectivity index (χ2n) is 3.27. The maximum absolute atomic E-state index is 13.2. The molecule has 0 aliphatic rings. The van der Waals surface area contributed by atoms with Gasteiger partial charge in [-0.1, -0.05) is 6.07 Å². The van der Waals surface area contributed by atoms with Gasteiger partial charge in [-0.25, -0.2) is 4.39 Å². The molecule has 0 aromatic heterocycles. The van der Waals surface area contributed by atoms with Gasteiger partial charge in [-0.05, 0) is 46.6 Å². The Morgan fingerprint density at radius 1 is 1.56 bits per heavy atom. The molecule has 0 aliphatic heterocycles. The van der Waals surface area contributed by atoms with E-state index in [1.54, 1.807) is 12.1 Å². The maximum Gasteiger partial charge on any atom is 0.137 e. The monoisotopic (exact) mass is 286 g/mol. The Hall–Kier alpha value is -0.960. The Morgan fingerprint density at radius 3 is 2.88 bits per heavy atom. The van der Waals surface area contributed by atoms with Gasteiger partial charge in [0.2, 0.25) is 0 Å². The van der Waals surface area contributed by atoms with Crippen molar-refractivity contribution in [1.82, 2.24) is 5.32 Å². The van der Waals surface area contributed by atoms with E-state index in [9.17, 15) is 4.39 Å². The number of hydrogen-bond acceptors (Lipinski definition) is 3. The number of benzene rings is 1. The highest BCUT2D eigenvalue weighted by Crippen LogP contribution is 2.20. The van der Waals surface area contributed by atoms with Crippen LogP contribution in [-0.4, -0.2) is 18.3 Å². The van der Waals surface area contributed by atoms with Crippen LogP contribution in [0.5, 0.6) is 0 Å². The van der Waals surface area contributed by atoms with Gasteiger partial charge in [-0.2, -0.15) is 5.26 Å². The average Bonchev–Trinajstić information content (AvgIpc) is 2.29. The van der Waals surface area contributed by atoms with Gasteiger partial charge in [0, 0.05) is 6.61 Å². The summed E-state index contributed by atoms with van der Waals surface area (Å²) >= 11 is 3.05. The van der Waals surface area contributed by atoms with Crippen molar-refractivity contribution in [3.63, 3.8) is 0 Å². The average molecular weight is 287 g/mol. The Kier molecular flexibility index (Phi) is 5.39. The molecule has 1 atom stereocenters. The molecule has 3 nitrogen and oxygen atoms in total. The summed E-state index contributed by atoms with van der Waals surface area (Å²) in [6.45, 7) is 0.590. The topological polar surface area (TPSA) is 56.0 Å². The molecule has 0 aliphatic carbocycles. The van der Waals surface area contributed by atoms with Gasteiger partial charge >= 0.3 is 0 Å². The van der Waals surface area contributed by atoms with Crippen molar-refractivity contribution in [1.29, 1.82) is 5.26 Å². The van der Waals surface area contributed by atoms with E-state index in [0.717, 1.165) is 0 Å². The molecule has 0 bridgehead atoms. The summed E-state index contributed by atoms with van der Waals surface area (Å²) in [5, 5.41) is 20.5. The molecule has 0 amide bonds. The lowest BCUT2D eigenvalue weighted by molar-refractivity contribution is 0.285. The first-order chi connectivity index (χ1) is 7.69. The van der Waals surface area contributed by atoms with Crippen LogP contribution in [0.3, 0.4) is 0 Å². The molecule has 0 fully saturated rings. The van der Waals surface area contributed by atoms with Crippen molar-refractivity contribution in [2.24, 2.45) is 0 Å². The molecule has 0 saturated heterocycles. The van der Waals surface area contributed by atoms with E-state index in [-0.39, 0.29) is 12.4 Å². The summed E-state index contributed by atoms with van der Waals surface area (Å²) in [6.07, 6.45) is 0.567. The quantitative estimate of drug-likeness (QED) is 0.816. The Morgan fingerprint density at radius 2 is 2.31 bits per heavy atom. The normalized spacial score (nSPS) is 12.1. The lowest BCUT2D eigenvalue weighted by Gasteiger charge is -2.11. The summed E-state index contributed by atoms with van der Waals surface area (Å²) in [7, 11) is 0. The van der Waals surface area contributed by atoms with Gasteiger partial charge in [-0.3, -0.25) is 5.32 Å². The number of aliphatic hydroxyl groups is 1. The third-order valence-electron chi connectivity index (χ3n) is 2.09. The van der Waals surface area contributed by atoms with Crippen molar-refractivity contribution >= 4 is 15.9 Å². The van der Waals surface area contributed by atoms with E-state index in [1.165, 1.54) is 6.07 Å². The van der Waals surface area contributed by atoms with E-state index in [1.807, 2.05) is 6.07 Å². The van der Waals surface area contributed by atoms with Crippen molar-refractivity contribution in [3.8, 4) is 6.07 Å². The van der Waals surface area contributed by atoms with E-state index < -0.39 is 6.04 Å². The first-order valence-corrected chi connectivity index (χ1v) is 5.67. The number of nitrogens with zero attached hydrogens (tertiary/aromatic N) is 1. The number of rotatable bonds is 5. The number of halogens is 2. The van der Waals surface area contributed by atoms with Crippen LogP contribution in [0.4, 0.5) is 4.39 Å². The van der Waals surface area contributed by atoms with Crippen LogP contribution in [-0.2, 0) is 0 Å². The minimum atomic E-state index is -0.547. The Bertz CT molecular complexity index is 392. The molecule has 16 heavy (non-hydrogen) atoms. The van der Waals surface area contributed by atoms with Crippen LogP contribution in [0.2, 0.25) is 0 Å². The number of hydrogen-bond donors (Lipinski definition) is 2. The van der Waals surface area contributed by atoms with Crippen LogP contribution in [0.25, 0.3) is 0 Å². The fraction of sp³-hybridized carbons (Fsp3) is 0.364. The van der Waals surface area contributed by atoms with E-state index in [4.69, 9.17) is 10.4 Å². The molecule has 86 valence electrons. The van der Waals surface area contributed by atoms with Gasteiger partial charge in [0.05, 0.1) is 10.5 Å². The highest BCUT2D eigenvalue weighted by molar-refractivity contribution is 9.10. The highest BCUT2D eigenvalue weighted by atomic mass is 79.9. The van der Waals surface area contributed by atoms with Gasteiger partial charge in [0.15, 0.2) is 0 Å². The van der Waals surface area contributed by atoms with Crippen LogP contribution in [0, 0.1) is 17.1 Å². The molecule has 1 unspecified atom stereocenters. The fourth-order valence-corrected chi connectivity index (χ4v) is 1.50. The molecule has 0 radical (unpaired) electrons. The van der Waals surface area contributed by atoms with Crippen LogP contribution in [0.1, 0.15) is 18.0 Å². The summed E-state index contributed by atoms with van der Waals surface area (Å²) < 4.78 is 13.6. The first kappa shape index (κ1) is 13.1. The van der Waals surface area contributed by atoms with Crippen molar-refractivity contribution in [2.75, 3.05) is 13.2 Å². The summed E-state index contributed by atoms with van der Waals surface area (Å²) in [5.41, 5.74) is 0.584. The lowest BCUT2D eigenvalue weighted by Crippen LogP contribution is -2.21. The van der Waals surface area contributed by atoms with E-state index in [0.29, 0.717) is 23.0 Å². The number of aliphatic hydroxyl groups excluding tert-OH is 1. The zero-order valence-electron chi connectivity index (χ0n) is 8.58. The minimum Gasteiger partial charge on any atom is -0.396 e. The predicted molar refractivity (Wildman–Crippen MR) is 62.2 cm³/mol. The lowest BCUT2D eigenvalue weighted by atomic mass is 10.1. The highest BCUT2D eigenvalue weighted by Gasteiger charge is 2.11. The second kappa shape index (κ2) is 6.59. The zero-order chi connectivity index (χ0) is 12.0. The first-order valence-electron chi connectivity index (χ1n) is 4.88. The van der Waals surface area contributed by atoms with Gasteiger partial charge < -0.3 is 5.11 Å². The van der Waals surface area contributed by atoms with Crippen molar-refractivity contribution < 1.29 is 9.50 Å². The predicted octanol–water partition coefficient (Wildman–Crippen LogP) is 2.12. The molecule has 0 spiro atoms. The Labute approximate surface area is 102 Å². The van der Waals surface area contributed by atoms with Crippen LogP contribution in [0.15, 0.2) is 22.7 Å². The molecule has 5 heteroatoms. The summed E-state index contributed by atoms with van der Waals surface area (Å²) in [6, 6.07) is 6.09. The molecule has 0 heterocycles. The summed E-state index contributed by atoms with van der Waals surface area (Å²) in [5.74, 6) is -0.387. The maximum atomic E-state index is 13.2. The molecule has 1 aromatic rings. The minimum absolute atomic E-state index is 0.0693. The van der Waals surface area contributed by atoms with Gasteiger partial charge in [-0.15, -0.1) is 0 Å². The van der Waals surface area contributed by atoms with Crippen LogP contribution >= 0.6 is 15.9 Å². The summed E-state index contributed by atoms with van der Waals surface area (Å²) in [4.78, 5) is 0. The third kappa shape index (κ3) is 3.56. The van der Waals surface area contributed by atoms with E-state index in [2.05, 4.69) is 21.2 Å². The smallest absolute Gasteiger partial charge is 0.137 e. The standard InChI is InChI=1S/C11H12BrFN2O/c12-9-3-2-8(6-10(9)13)11(7-14)15-4-1-5-16/h2-3,6,11,15-16H,1,4-5H2. The van der Waals surface area contributed by atoms with Gasteiger partial charge in [0.25, 0.3) is 0 Å². The zero-order valence-corrected chi connectivity index (χ0v) is 10.2. The third-order valence-corrected chi connectivity index (χ3v) is 2.73. The van der Waals surface area contributed by atoms with E-state index >= 15 is 0 Å². The SMILES string of the molecule is N#CC(NCCCO)c1ccc(Br)c(F)c1. The number of nitrogens with one attached hydrogen (secondary N) is 1. The second-order valence-corrected chi connectivity index (χ2v) is 4.12. The van der Waals surface area contributed by atoms with Gasteiger partial charge in [0.1, 0.15) is 11.9 Å². The van der Waals surface area contributed by atoms with Crippen LogP contribution < -0.4 is 5.32 Å². The molecular weight excluding hydrogens is 275 g/mol. The fourth-order valence-electron chi connectivity index (χ4n) is 1.26.